The Bertz CT molecular complexity index is 1930. The number of carbonyl (C=O) groups excluding carboxylic acids is 4. The highest BCUT2D eigenvalue weighted by Gasteiger charge is 2.30. The van der Waals surface area contributed by atoms with Gasteiger partial charge in [0, 0.05) is 25.7 Å². The second-order valence-corrected chi connectivity index (χ2v) is 32.9. The summed E-state index contributed by atoms with van der Waals surface area (Å²) in [4.78, 5) is 72.8. The minimum absolute atomic E-state index is 0.107. The minimum atomic E-state index is -4.96. The molecule has 2 unspecified atom stereocenters. The normalized spacial score (nSPS) is 13.8. The van der Waals surface area contributed by atoms with Crippen LogP contribution in [0.15, 0.2) is 0 Å². The predicted molar refractivity (Wildman–Crippen MR) is 414 cm³/mol. The number of rotatable bonds is 82. The van der Waals surface area contributed by atoms with Gasteiger partial charge in [-0.05, 0) is 31.6 Å². The Morgan fingerprint density at radius 2 is 0.455 bits per heavy atom. The van der Waals surface area contributed by atoms with E-state index >= 15 is 0 Å². The van der Waals surface area contributed by atoms with E-state index in [1.54, 1.807) is 0 Å². The Balaban J connectivity index is 5.14. The average molecular weight is 1480 g/mol. The lowest BCUT2D eigenvalue weighted by atomic mass is 10.0. The topological polar surface area (TPSA) is 237 Å². The molecule has 0 heterocycles. The fraction of sp³-hybridized carbons (Fsp3) is 0.951. The molecule has 0 aliphatic heterocycles. The first-order valence-electron chi connectivity index (χ1n) is 42.6. The van der Waals surface area contributed by atoms with Crippen LogP contribution in [-0.4, -0.2) is 96.7 Å². The molecule has 0 aliphatic rings. The van der Waals surface area contributed by atoms with Crippen molar-refractivity contribution in [2.45, 2.75) is 457 Å². The minimum Gasteiger partial charge on any atom is -0.462 e. The van der Waals surface area contributed by atoms with E-state index in [0.717, 1.165) is 109 Å². The van der Waals surface area contributed by atoms with E-state index in [2.05, 4.69) is 34.6 Å². The van der Waals surface area contributed by atoms with Crippen LogP contribution in [0.25, 0.3) is 0 Å². The Morgan fingerprint density at radius 1 is 0.267 bits per heavy atom. The number of esters is 4. The Morgan fingerprint density at radius 3 is 0.673 bits per heavy atom. The van der Waals surface area contributed by atoms with Gasteiger partial charge in [-0.3, -0.25) is 37.3 Å². The van der Waals surface area contributed by atoms with Crippen LogP contribution in [0.1, 0.15) is 439 Å². The van der Waals surface area contributed by atoms with Crippen molar-refractivity contribution in [1.82, 2.24) is 0 Å². The fourth-order valence-electron chi connectivity index (χ4n) is 12.8. The number of phosphoric acid groups is 2. The summed E-state index contributed by atoms with van der Waals surface area (Å²) >= 11 is 0. The predicted octanol–water partition coefficient (Wildman–Crippen LogP) is 24.8. The molecule has 600 valence electrons. The zero-order chi connectivity index (χ0) is 74.1. The van der Waals surface area contributed by atoms with Gasteiger partial charge in [-0.2, -0.15) is 0 Å². The summed E-state index contributed by atoms with van der Waals surface area (Å²) in [5.41, 5.74) is 0. The maximum absolute atomic E-state index is 13.1. The first-order chi connectivity index (χ1) is 49.0. The van der Waals surface area contributed by atoms with Crippen molar-refractivity contribution in [3.8, 4) is 0 Å². The maximum Gasteiger partial charge on any atom is 0.472 e. The number of phosphoric ester groups is 2. The molecule has 0 amide bonds. The molecule has 0 radical (unpaired) electrons. The van der Waals surface area contributed by atoms with E-state index in [1.165, 1.54) is 250 Å². The quantitative estimate of drug-likeness (QED) is 0.0222. The number of aliphatic hydroxyl groups excluding tert-OH is 1. The molecule has 0 aromatic carbocycles. The van der Waals surface area contributed by atoms with Crippen molar-refractivity contribution < 1.29 is 80.2 Å². The van der Waals surface area contributed by atoms with E-state index in [0.29, 0.717) is 25.7 Å². The molecule has 0 aliphatic carbocycles. The van der Waals surface area contributed by atoms with Gasteiger partial charge < -0.3 is 33.8 Å². The fourth-order valence-corrected chi connectivity index (χ4v) is 14.3. The highest BCUT2D eigenvalue weighted by molar-refractivity contribution is 7.47. The Labute approximate surface area is 619 Å². The molecule has 0 aromatic rings. The van der Waals surface area contributed by atoms with E-state index in [1.807, 2.05) is 0 Å². The number of unbranched alkanes of at least 4 members (excludes halogenated alkanes) is 54. The van der Waals surface area contributed by atoms with Gasteiger partial charge in [-0.25, -0.2) is 9.13 Å². The monoisotopic (exact) mass is 1480 g/mol. The Kier molecular flexibility index (Phi) is 73.5. The van der Waals surface area contributed by atoms with Crippen LogP contribution in [0, 0.1) is 5.92 Å². The van der Waals surface area contributed by atoms with Crippen LogP contribution in [0.3, 0.4) is 0 Å². The lowest BCUT2D eigenvalue weighted by molar-refractivity contribution is -0.161. The van der Waals surface area contributed by atoms with E-state index in [9.17, 15) is 43.2 Å². The summed E-state index contributed by atoms with van der Waals surface area (Å²) in [5.74, 6) is -1.29. The summed E-state index contributed by atoms with van der Waals surface area (Å²) in [6.07, 6.45) is 66.9. The van der Waals surface area contributed by atoms with Crippen LogP contribution < -0.4 is 0 Å². The number of hydrogen-bond donors (Lipinski definition) is 3. The highest BCUT2D eigenvalue weighted by Crippen LogP contribution is 2.45. The first kappa shape index (κ1) is 99.1. The molecule has 19 heteroatoms. The van der Waals surface area contributed by atoms with Gasteiger partial charge in [0.05, 0.1) is 26.4 Å². The number of aliphatic hydroxyl groups is 1. The molecule has 3 N–H and O–H groups in total. The maximum atomic E-state index is 13.1. The van der Waals surface area contributed by atoms with E-state index < -0.39 is 97.5 Å². The first-order valence-corrected chi connectivity index (χ1v) is 45.6. The molecule has 17 nitrogen and oxygen atoms in total. The number of ether oxygens (including phenoxy) is 4. The van der Waals surface area contributed by atoms with Crippen molar-refractivity contribution in [3.05, 3.63) is 0 Å². The van der Waals surface area contributed by atoms with Gasteiger partial charge in [0.2, 0.25) is 0 Å². The van der Waals surface area contributed by atoms with E-state index in [-0.39, 0.29) is 25.7 Å². The number of hydrogen-bond acceptors (Lipinski definition) is 15. The second kappa shape index (κ2) is 74.9. The van der Waals surface area contributed by atoms with Crippen LogP contribution in [-0.2, 0) is 65.4 Å². The van der Waals surface area contributed by atoms with E-state index in [4.69, 9.17) is 37.0 Å². The zero-order valence-corrected chi connectivity index (χ0v) is 67.8. The second-order valence-electron chi connectivity index (χ2n) is 30.0. The summed E-state index contributed by atoms with van der Waals surface area (Å²) in [6, 6.07) is 0. The smallest absolute Gasteiger partial charge is 0.462 e. The molecular formula is C82H160O17P2. The molecule has 0 aromatic heterocycles. The van der Waals surface area contributed by atoms with Crippen LogP contribution in [0.5, 0.6) is 0 Å². The summed E-state index contributed by atoms with van der Waals surface area (Å²) in [5, 5.41) is 10.6. The highest BCUT2D eigenvalue weighted by atomic mass is 31.2. The lowest BCUT2D eigenvalue weighted by Gasteiger charge is -2.21. The molecule has 101 heavy (non-hydrogen) atoms. The van der Waals surface area contributed by atoms with Crippen LogP contribution >= 0.6 is 15.6 Å². The molecule has 0 spiro atoms. The van der Waals surface area contributed by atoms with Gasteiger partial charge in [-0.1, -0.05) is 388 Å². The molecular weight excluding hydrogens is 1320 g/mol. The molecule has 0 bridgehead atoms. The molecule has 5 atom stereocenters. The van der Waals surface area contributed by atoms with Crippen molar-refractivity contribution in [1.29, 1.82) is 0 Å². The summed E-state index contributed by atoms with van der Waals surface area (Å²) in [6.45, 7) is 7.32. The van der Waals surface area contributed by atoms with Gasteiger partial charge in [-0.15, -0.1) is 0 Å². The standard InChI is InChI=1S/C82H160O17P2/c1-6-9-12-15-18-20-22-24-25-26-27-28-29-33-36-39-43-46-51-56-61-66-80(85)93-72-78(99-82(87)68-63-58-53-48-44-40-37-34-31-30-32-35-38-41-45-50-54-59-64-75(4)5)74-97-101(90,91)95-70-76(83)69-94-100(88,89)96-73-77(71-92-79(84)65-60-55-49-17-14-11-8-3)98-81(86)67-62-57-52-47-42-23-21-19-16-13-10-7-2/h75-78,83H,6-74H2,1-5H3,(H,88,89)(H,90,91)/t76-,77+,78+/m0/s1. The lowest BCUT2D eigenvalue weighted by Crippen LogP contribution is -2.30. The van der Waals surface area contributed by atoms with Gasteiger partial charge in [0.15, 0.2) is 12.2 Å². The SMILES string of the molecule is CCCCCCCCCCCCCCCCCCCCCCCC(=O)OC[C@H](COP(=O)(O)OC[C@@H](O)COP(=O)(O)OC[C@@H](COC(=O)CCCCCCCCC)OC(=O)CCCCCCCCCCCCCC)OC(=O)CCCCCCCCCCCCCCCCCCCCC(C)C. The Hall–Kier alpha value is -1.94. The third-order valence-corrected chi connectivity index (χ3v) is 21.2. The molecule has 0 rings (SSSR count). The largest absolute Gasteiger partial charge is 0.472 e. The van der Waals surface area contributed by atoms with Crippen molar-refractivity contribution in [2.75, 3.05) is 39.6 Å². The average Bonchev–Trinajstić information content (AvgIpc) is 0.938. The third-order valence-electron chi connectivity index (χ3n) is 19.3. The van der Waals surface area contributed by atoms with Crippen molar-refractivity contribution >= 4 is 39.5 Å². The summed E-state index contributed by atoms with van der Waals surface area (Å²) in [7, 11) is -9.91. The molecule has 0 saturated carbocycles. The molecule has 0 saturated heterocycles. The zero-order valence-electron chi connectivity index (χ0n) is 66.1. The molecule has 0 fully saturated rings. The number of carbonyl (C=O) groups is 4. The van der Waals surface area contributed by atoms with Crippen LogP contribution in [0.4, 0.5) is 0 Å². The van der Waals surface area contributed by atoms with Gasteiger partial charge >= 0.3 is 39.5 Å². The van der Waals surface area contributed by atoms with Crippen molar-refractivity contribution in [3.63, 3.8) is 0 Å². The third kappa shape index (κ3) is 76.1. The van der Waals surface area contributed by atoms with Gasteiger partial charge in [0.25, 0.3) is 0 Å². The van der Waals surface area contributed by atoms with Gasteiger partial charge in [0.1, 0.15) is 19.3 Å². The summed E-state index contributed by atoms with van der Waals surface area (Å²) < 4.78 is 68.6. The van der Waals surface area contributed by atoms with Crippen molar-refractivity contribution in [2.24, 2.45) is 5.92 Å². The van der Waals surface area contributed by atoms with Crippen LogP contribution in [0.2, 0.25) is 0 Å².